The minimum atomic E-state index is -0.00513. The summed E-state index contributed by atoms with van der Waals surface area (Å²) in [6.45, 7) is 1.30. The van der Waals surface area contributed by atoms with Crippen LogP contribution < -0.4 is 4.74 Å². The summed E-state index contributed by atoms with van der Waals surface area (Å²) < 4.78 is 11.4. The summed E-state index contributed by atoms with van der Waals surface area (Å²) >= 11 is 0. The van der Waals surface area contributed by atoms with Crippen molar-refractivity contribution >= 4 is 5.91 Å². The Labute approximate surface area is 143 Å². The first-order valence-electron chi connectivity index (χ1n) is 9.03. The number of nitrogens with zero attached hydrogens (tertiary/aromatic N) is 1. The number of allylic oxidation sites excluding steroid dienone is 1. The number of aryl methyl sites for hydroxylation is 1. The molecule has 128 valence electrons. The van der Waals surface area contributed by atoms with Gasteiger partial charge in [-0.3, -0.25) is 4.79 Å². The molecule has 1 aromatic carbocycles. The highest BCUT2D eigenvalue weighted by atomic mass is 16.5. The highest BCUT2D eigenvalue weighted by molar-refractivity contribution is 5.88. The molecule has 1 heterocycles. The van der Waals surface area contributed by atoms with Gasteiger partial charge in [-0.1, -0.05) is 18.6 Å². The Morgan fingerprint density at radius 2 is 2.21 bits per heavy atom. The fourth-order valence-electron chi connectivity index (χ4n) is 4.05. The van der Waals surface area contributed by atoms with Gasteiger partial charge in [0.15, 0.2) is 0 Å². The molecule has 4 nitrogen and oxygen atoms in total. The Hall–Kier alpha value is -1.81. The lowest BCUT2D eigenvalue weighted by Gasteiger charge is -2.44. The van der Waals surface area contributed by atoms with Crippen LogP contribution >= 0.6 is 0 Å². The van der Waals surface area contributed by atoms with Crippen molar-refractivity contribution in [3.05, 3.63) is 41.5 Å². The van der Waals surface area contributed by atoms with Gasteiger partial charge in [-0.05, 0) is 60.9 Å². The Kier molecular flexibility index (Phi) is 4.31. The SMILES string of the molecule is COc1ccc2c(c1)CCC1C2OCCN1C(=O)/C=C/C1CCC1. The first-order valence-corrected chi connectivity index (χ1v) is 9.03. The number of fused-ring (bicyclic) bond motifs is 3. The molecular weight excluding hydrogens is 302 g/mol. The standard InChI is InChI=1S/C20H25NO3/c1-23-16-7-8-17-15(13-16)6-9-18-20(17)24-12-11-21(18)19(22)10-5-14-3-2-4-14/h5,7-8,10,13-14,18,20H,2-4,6,9,11-12H2,1H3/b10-5+. The molecule has 4 rings (SSSR count). The van der Waals surface area contributed by atoms with Crippen LogP contribution in [0.1, 0.15) is 42.9 Å². The van der Waals surface area contributed by atoms with Crippen molar-refractivity contribution in [1.29, 1.82) is 0 Å². The number of carbonyl (C=O) groups is 1. The van der Waals surface area contributed by atoms with Crippen LogP contribution in [0.5, 0.6) is 5.75 Å². The summed E-state index contributed by atoms with van der Waals surface area (Å²) in [5.74, 6) is 1.65. The van der Waals surface area contributed by atoms with E-state index in [1.54, 1.807) is 13.2 Å². The summed E-state index contributed by atoms with van der Waals surface area (Å²) in [5, 5.41) is 0. The lowest BCUT2D eigenvalue weighted by atomic mass is 9.83. The van der Waals surface area contributed by atoms with Gasteiger partial charge in [0.1, 0.15) is 11.9 Å². The predicted octanol–water partition coefficient (Wildman–Crippen LogP) is 3.27. The molecule has 1 aliphatic heterocycles. The maximum Gasteiger partial charge on any atom is 0.246 e. The van der Waals surface area contributed by atoms with E-state index in [2.05, 4.69) is 18.2 Å². The van der Waals surface area contributed by atoms with Crippen LogP contribution in [0, 0.1) is 5.92 Å². The monoisotopic (exact) mass is 327 g/mol. The van der Waals surface area contributed by atoms with Crippen molar-refractivity contribution in [2.24, 2.45) is 5.92 Å². The molecule has 2 atom stereocenters. The van der Waals surface area contributed by atoms with Crippen LogP contribution in [0.15, 0.2) is 30.4 Å². The van der Waals surface area contributed by atoms with Gasteiger partial charge in [-0.15, -0.1) is 0 Å². The Balaban J connectivity index is 1.53. The van der Waals surface area contributed by atoms with E-state index in [9.17, 15) is 4.79 Å². The minimum Gasteiger partial charge on any atom is -0.497 e. The molecule has 0 radical (unpaired) electrons. The van der Waals surface area contributed by atoms with Crippen molar-refractivity contribution in [2.75, 3.05) is 20.3 Å². The average Bonchev–Trinajstić information content (AvgIpc) is 2.58. The van der Waals surface area contributed by atoms with E-state index < -0.39 is 0 Å². The lowest BCUT2D eigenvalue weighted by Crippen LogP contribution is -2.51. The third-order valence-corrected chi connectivity index (χ3v) is 5.69. The van der Waals surface area contributed by atoms with Crippen LogP contribution in [0.25, 0.3) is 0 Å². The molecule has 2 unspecified atom stereocenters. The number of hydrogen-bond acceptors (Lipinski definition) is 3. The fraction of sp³-hybridized carbons (Fsp3) is 0.550. The summed E-state index contributed by atoms with van der Waals surface area (Å²) in [5.41, 5.74) is 2.50. The Morgan fingerprint density at radius 3 is 2.96 bits per heavy atom. The molecule has 4 heteroatoms. The van der Waals surface area contributed by atoms with Crippen LogP contribution in [0.2, 0.25) is 0 Å². The normalized spacial score (nSPS) is 26.6. The maximum atomic E-state index is 12.7. The Bertz CT molecular complexity index is 650. The summed E-state index contributed by atoms with van der Waals surface area (Å²) in [7, 11) is 1.69. The predicted molar refractivity (Wildman–Crippen MR) is 92.0 cm³/mol. The zero-order chi connectivity index (χ0) is 16.5. The molecule has 1 amide bonds. The van der Waals surface area contributed by atoms with Crippen molar-refractivity contribution in [2.45, 2.75) is 44.2 Å². The minimum absolute atomic E-state index is 0.00513. The van der Waals surface area contributed by atoms with Gasteiger partial charge in [0.2, 0.25) is 5.91 Å². The van der Waals surface area contributed by atoms with Gasteiger partial charge in [0.25, 0.3) is 0 Å². The van der Waals surface area contributed by atoms with E-state index in [1.165, 1.54) is 30.4 Å². The second-order valence-corrected chi connectivity index (χ2v) is 7.04. The van der Waals surface area contributed by atoms with E-state index in [1.807, 2.05) is 11.0 Å². The smallest absolute Gasteiger partial charge is 0.246 e. The van der Waals surface area contributed by atoms with Crippen LogP contribution in [-0.4, -0.2) is 37.1 Å². The third kappa shape index (κ3) is 2.84. The summed E-state index contributed by atoms with van der Waals surface area (Å²) in [6.07, 6.45) is 9.58. The molecule has 1 saturated heterocycles. The third-order valence-electron chi connectivity index (χ3n) is 5.69. The molecule has 3 aliphatic rings. The van der Waals surface area contributed by atoms with Gasteiger partial charge in [0.05, 0.1) is 19.8 Å². The molecule has 2 aliphatic carbocycles. The second-order valence-electron chi connectivity index (χ2n) is 7.04. The molecule has 2 fully saturated rings. The van der Waals surface area contributed by atoms with E-state index in [4.69, 9.17) is 9.47 Å². The molecular formula is C20H25NO3. The fourth-order valence-corrected chi connectivity index (χ4v) is 4.05. The lowest BCUT2D eigenvalue weighted by molar-refractivity contribution is -0.143. The number of rotatable bonds is 3. The highest BCUT2D eigenvalue weighted by Crippen LogP contribution is 2.39. The van der Waals surface area contributed by atoms with Gasteiger partial charge in [0, 0.05) is 6.54 Å². The van der Waals surface area contributed by atoms with Crippen molar-refractivity contribution in [1.82, 2.24) is 4.90 Å². The Morgan fingerprint density at radius 1 is 1.33 bits per heavy atom. The zero-order valence-corrected chi connectivity index (χ0v) is 14.2. The molecule has 0 N–H and O–H groups in total. The molecule has 0 spiro atoms. The van der Waals surface area contributed by atoms with Gasteiger partial charge < -0.3 is 14.4 Å². The molecule has 0 aromatic heterocycles. The summed E-state index contributed by atoms with van der Waals surface area (Å²) in [4.78, 5) is 14.7. The van der Waals surface area contributed by atoms with Crippen molar-refractivity contribution in [3.8, 4) is 5.75 Å². The van der Waals surface area contributed by atoms with Gasteiger partial charge >= 0.3 is 0 Å². The maximum absolute atomic E-state index is 12.7. The molecule has 0 bridgehead atoms. The van der Waals surface area contributed by atoms with E-state index >= 15 is 0 Å². The van der Waals surface area contributed by atoms with E-state index in [-0.39, 0.29) is 18.1 Å². The van der Waals surface area contributed by atoms with Gasteiger partial charge in [-0.25, -0.2) is 0 Å². The van der Waals surface area contributed by atoms with Crippen molar-refractivity contribution < 1.29 is 14.3 Å². The first kappa shape index (κ1) is 15.7. The van der Waals surface area contributed by atoms with Crippen LogP contribution in [-0.2, 0) is 16.0 Å². The molecule has 1 saturated carbocycles. The molecule has 24 heavy (non-hydrogen) atoms. The van der Waals surface area contributed by atoms with Crippen molar-refractivity contribution in [3.63, 3.8) is 0 Å². The quantitative estimate of drug-likeness (QED) is 0.800. The number of carbonyl (C=O) groups excluding carboxylic acids is 1. The average molecular weight is 327 g/mol. The highest BCUT2D eigenvalue weighted by Gasteiger charge is 2.39. The number of hydrogen-bond donors (Lipinski definition) is 0. The number of morpholine rings is 1. The second kappa shape index (κ2) is 6.60. The molecule has 1 aromatic rings. The number of ether oxygens (including phenoxy) is 2. The number of benzene rings is 1. The topological polar surface area (TPSA) is 38.8 Å². The first-order chi connectivity index (χ1) is 11.8. The summed E-state index contributed by atoms with van der Waals surface area (Å²) in [6, 6.07) is 6.34. The number of amides is 1. The number of methoxy groups -OCH3 is 1. The van der Waals surface area contributed by atoms with E-state index in [0.717, 1.165) is 18.6 Å². The van der Waals surface area contributed by atoms with Crippen LogP contribution in [0.3, 0.4) is 0 Å². The zero-order valence-electron chi connectivity index (χ0n) is 14.2. The van der Waals surface area contributed by atoms with Gasteiger partial charge in [-0.2, -0.15) is 0 Å². The van der Waals surface area contributed by atoms with E-state index in [0.29, 0.717) is 19.1 Å². The largest absolute Gasteiger partial charge is 0.497 e. The van der Waals surface area contributed by atoms with Crippen LogP contribution in [0.4, 0.5) is 0 Å².